The van der Waals surface area contributed by atoms with Gasteiger partial charge in [-0.25, -0.2) is 8.42 Å². The average Bonchev–Trinajstić information content (AvgIpc) is 2.80. The molecule has 0 bridgehead atoms. The first kappa shape index (κ1) is 24.5. The maximum absolute atomic E-state index is 13.1. The molecular weight excluding hydrogens is 436 g/mol. The molecule has 1 amide bonds. The zero-order valence-corrected chi connectivity index (χ0v) is 20.3. The summed E-state index contributed by atoms with van der Waals surface area (Å²) in [7, 11) is -2.18. The highest BCUT2D eigenvalue weighted by atomic mass is 32.2. The fourth-order valence-electron chi connectivity index (χ4n) is 3.50. The Morgan fingerprint density at radius 2 is 1.67 bits per heavy atom. The molecule has 6 nitrogen and oxygen atoms in total. The van der Waals surface area contributed by atoms with Crippen LogP contribution in [-0.4, -0.2) is 32.3 Å². The van der Waals surface area contributed by atoms with Gasteiger partial charge in [-0.1, -0.05) is 42.8 Å². The van der Waals surface area contributed by atoms with E-state index in [0.29, 0.717) is 23.5 Å². The molecule has 3 rings (SSSR count). The normalized spacial score (nSPS) is 11.4. The molecule has 7 heteroatoms. The van der Waals surface area contributed by atoms with E-state index in [1.807, 2.05) is 45.0 Å². The van der Waals surface area contributed by atoms with Crippen molar-refractivity contribution in [3.8, 4) is 5.75 Å². The Labute approximate surface area is 196 Å². The first-order chi connectivity index (χ1) is 15.8. The summed E-state index contributed by atoms with van der Waals surface area (Å²) >= 11 is 0. The number of anilines is 1. The highest BCUT2D eigenvalue weighted by molar-refractivity contribution is 7.89. The Morgan fingerprint density at radius 1 is 0.970 bits per heavy atom. The number of aryl methyl sites for hydroxylation is 2. The fraction of sp³-hybridized carbons (Fsp3) is 0.269. The zero-order chi connectivity index (χ0) is 24.0. The quantitative estimate of drug-likeness (QED) is 0.480. The third-order valence-electron chi connectivity index (χ3n) is 5.39. The van der Waals surface area contributed by atoms with Crippen LogP contribution in [0.1, 0.15) is 40.9 Å². The van der Waals surface area contributed by atoms with Crippen LogP contribution in [0.4, 0.5) is 5.69 Å². The number of hydrogen-bond acceptors (Lipinski definition) is 4. The van der Waals surface area contributed by atoms with E-state index in [1.54, 1.807) is 42.5 Å². The lowest BCUT2D eigenvalue weighted by molar-refractivity contribution is 0.102. The van der Waals surface area contributed by atoms with Crippen LogP contribution >= 0.6 is 0 Å². The molecule has 0 saturated carbocycles. The van der Waals surface area contributed by atoms with Crippen molar-refractivity contribution in [3.05, 3.63) is 89.0 Å². The van der Waals surface area contributed by atoms with E-state index in [9.17, 15) is 13.2 Å². The van der Waals surface area contributed by atoms with Gasteiger partial charge >= 0.3 is 0 Å². The Kier molecular flexibility index (Phi) is 7.89. The molecule has 1 N–H and O–H groups in total. The third kappa shape index (κ3) is 5.80. The van der Waals surface area contributed by atoms with E-state index < -0.39 is 10.0 Å². The number of amides is 1. The van der Waals surface area contributed by atoms with Crippen LogP contribution in [0, 0.1) is 6.92 Å². The summed E-state index contributed by atoms with van der Waals surface area (Å²) in [5.74, 6) is 0.290. The number of ether oxygens (including phenoxy) is 1. The Balaban J connectivity index is 1.88. The summed E-state index contributed by atoms with van der Waals surface area (Å²) < 4.78 is 33.1. The summed E-state index contributed by atoms with van der Waals surface area (Å²) in [4.78, 5) is 13.2. The van der Waals surface area contributed by atoms with Gasteiger partial charge in [0.05, 0.1) is 11.5 Å². The van der Waals surface area contributed by atoms with E-state index in [0.717, 1.165) is 23.2 Å². The van der Waals surface area contributed by atoms with Crippen LogP contribution in [0.2, 0.25) is 0 Å². The smallest absolute Gasteiger partial charge is 0.255 e. The SMILES string of the molecule is CCOc1ccc(C(=O)Nc2ccccc2CC)cc1CN(C)S(=O)(=O)c1ccc(C)cc1. The van der Waals surface area contributed by atoms with Gasteiger partial charge in [0.15, 0.2) is 0 Å². The predicted octanol–water partition coefficient (Wildman–Crippen LogP) is 5.03. The van der Waals surface area contributed by atoms with E-state index in [-0.39, 0.29) is 17.3 Å². The van der Waals surface area contributed by atoms with Gasteiger partial charge in [0.1, 0.15) is 5.75 Å². The Bertz CT molecular complexity index is 1220. The van der Waals surface area contributed by atoms with E-state index in [1.165, 1.54) is 11.4 Å². The first-order valence-electron chi connectivity index (χ1n) is 10.9. The third-order valence-corrected chi connectivity index (χ3v) is 7.21. The second kappa shape index (κ2) is 10.6. The predicted molar refractivity (Wildman–Crippen MR) is 131 cm³/mol. The maximum Gasteiger partial charge on any atom is 0.255 e. The highest BCUT2D eigenvalue weighted by Crippen LogP contribution is 2.26. The number of hydrogen-bond donors (Lipinski definition) is 1. The topological polar surface area (TPSA) is 75.7 Å². The number of rotatable bonds is 9. The van der Waals surface area contributed by atoms with E-state index >= 15 is 0 Å². The number of para-hydroxylation sites is 1. The first-order valence-corrected chi connectivity index (χ1v) is 12.4. The summed E-state index contributed by atoms with van der Waals surface area (Å²) in [5, 5.41) is 2.96. The van der Waals surface area contributed by atoms with Crippen LogP contribution < -0.4 is 10.1 Å². The average molecular weight is 467 g/mol. The molecule has 174 valence electrons. The Morgan fingerprint density at radius 3 is 2.33 bits per heavy atom. The van der Waals surface area contributed by atoms with Crippen LogP contribution in [-0.2, 0) is 23.0 Å². The van der Waals surface area contributed by atoms with Crippen molar-refractivity contribution in [2.24, 2.45) is 0 Å². The molecule has 0 heterocycles. The van der Waals surface area contributed by atoms with Crippen molar-refractivity contribution >= 4 is 21.6 Å². The van der Waals surface area contributed by atoms with Crippen molar-refractivity contribution in [3.63, 3.8) is 0 Å². The van der Waals surface area contributed by atoms with E-state index in [2.05, 4.69) is 5.32 Å². The van der Waals surface area contributed by atoms with Gasteiger partial charge in [-0.15, -0.1) is 0 Å². The number of carbonyl (C=O) groups excluding carboxylic acids is 1. The van der Waals surface area contributed by atoms with Gasteiger partial charge < -0.3 is 10.1 Å². The van der Waals surface area contributed by atoms with Gasteiger partial charge in [-0.05, 0) is 62.2 Å². The van der Waals surface area contributed by atoms with Crippen molar-refractivity contribution in [1.29, 1.82) is 0 Å². The van der Waals surface area contributed by atoms with Gasteiger partial charge in [0.2, 0.25) is 10.0 Å². The molecule has 33 heavy (non-hydrogen) atoms. The number of benzene rings is 3. The lowest BCUT2D eigenvalue weighted by atomic mass is 10.1. The fourth-order valence-corrected chi connectivity index (χ4v) is 4.65. The minimum Gasteiger partial charge on any atom is -0.494 e. The number of carbonyl (C=O) groups is 1. The van der Waals surface area contributed by atoms with Crippen LogP contribution in [0.3, 0.4) is 0 Å². The molecule has 0 aromatic heterocycles. The largest absolute Gasteiger partial charge is 0.494 e. The van der Waals surface area contributed by atoms with Crippen molar-refractivity contribution < 1.29 is 17.9 Å². The summed E-state index contributed by atoms with van der Waals surface area (Å²) in [5.41, 5.74) is 3.84. The molecule has 0 aliphatic rings. The number of nitrogens with one attached hydrogen (secondary N) is 1. The molecule has 3 aromatic carbocycles. The van der Waals surface area contributed by atoms with Crippen LogP contribution in [0.5, 0.6) is 5.75 Å². The molecule has 0 aliphatic heterocycles. The minimum absolute atomic E-state index is 0.0677. The van der Waals surface area contributed by atoms with Gasteiger partial charge in [0, 0.05) is 30.4 Å². The number of nitrogens with zero attached hydrogens (tertiary/aromatic N) is 1. The van der Waals surface area contributed by atoms with Crippen molar-refractivity contribution in [1.82, 2.24) is 4.31 Å². The lowest BCUT2D eigenvalue weighted by Gasteiger charge is -2.20. The standard InChI is InChI=1S/C26H30N2O4S/c1-5-20-9-7-8-10-24(20)27-26(29)21-13-16-25(32-6-2)22(17-21)18-28(4)33(30,31)23-14-11-19(3)12-15-23/h7-17H,5-6,18H2,1-4H3,(H,27,29). The second-order valence-electron chi connectivity index (χ2n) is 7.79. The summed E-state index contributed by atoms with van der Waals surface area (Å²) in [6.45, 7) is 6.29. The number of sulfonamides is 1. The molecule has 0 spiro atoms. The minimum atomic E-state index is -3.70. The molecular formula is C26H30N2O4S. The molecule has 0 unspecified atom stereocenters. The Hall–Kier alpha value is -3.16. The van der Waals surface area contributed by atoms with E-state index in [4.69, 9.17) is 4.74 Å². The van der Waals surface area contributed by atoms with Crippen LogP contribution in [0.15, 0.2) is 71.6 Å². The molecule has 3 aromatic rings. The molecule has 0 aliphatic carbocycles. The molecule has 0 radical (unpaired) electrons. The van der Waals surface area contributed by atoms with Crippen molar-refractivity contribution in [2.45, 2.75) is 38.6 Å². The summed E-state index contributed by atoms with van der Waals surface area (Å²) in [6.07, 6.45) is 0.798. The summed E-state index contributed by atoms with van der Waals surface area (Å²) in [6, 6.07) is 19.5. The molecule has 0 saturated heterocycles. The van der Waals surface area contributed by atoms with Crippen LogP contribution in [0.25, 0.3) is 0 Å². The molecule has 0 fully saturated rings. The van der Waals surface area contributed by atoms with Gasteiger partial charge in [0.25, 0.3) is 5.91 Å². The maximum atomic E-state index is 13.1. The molecule has 0 atom stereocenters. The van der Waals surface area contributed by atoms with Gasteiger partial charge in [-0.3, -0.25) is 4.79 Å². The second-order valence-corrected chi connectivity index (χ2v) is 9.84. The lowest BCUT2D eigenvalue weighted by Crippen LogP contribution is -2.27. The monoisotopic (exact) mass is 466 g/mol. The zero-order valence-electron chi connectivity index (χ0n) is 19.5. The van der Waals surface area contributed by atoms with Crippen molar-refractivity contribution in [2.75, 3.05) is 19.0 Å². The highest BCUT2D eigenvalue weighted by Gasteiger charge is 2.23. The van der Waals surface area contributed by atoms with Gasteiger partial charge in [-0.2, -0.15) is 4.31 Å².